The van der Waals surface area contributed by atoms with Gasteiger partial charge < -0.3 is 14.5 Å². The van der Waals surface area contributed by atoms with E-state index in [1.807, 2.05) is 0 Å². The van der Waals surface area contributed by atoms with Gasteiger partial charge in [-0.3, -0.25) is 4.79 Å². The highest BCUT2D eigenvalue weighted by Crippen LogP contribution is 2.33. The molecule has 0 bridgehead atoms. The van der Waals surface area contributed by atoms with Crippen molar-refractivity contribution in [3.8, 4) is 11.5 Å². The molecule has 0 saturated heterocycles. The number of aromatic nitrogens is 1. The van der Waals surface area contributed by atoms with Crippen molar-refractivity contribution in [1.29, 1.82) is 0 Å². The average Bonchev–Trinajstić information content (AvgIpc) is 2.78. The molecule has 1 heterocycles. The fourth-order valence-corrected chi connectivity index (χ4v) is 1.90. The minimum Gasteiger partial charge on any atom is -0.493 e. The number of alkyl halides is 1. The Morgan fingerprint density at radius 3 is 2.53 bits per heavy atom. The molecule has 2 aromatic rings. The first-order valence-corrected chi connectivity index (χ1v) is 5.57. The van der Waals surface area contributed by atoms with Gasteiger partial charge in [0, 0.05) is 23.2 Å². The molecule has 1 aromatic heterocycles. The molecule has 0 unspecified atom stereocenters. The van der Waals surface area contributed by atoms with E-state index < -0.39 is 0 Å². The number of H-pyrrole nitrogens is 1. The molecule has 2 rings (SSSR count). The Balaban J connectivity index is 2.65. The summed E-state index contributed by atoms with van der Waals surface area (Å²) in [6.07, 6.45) is 1.65. The van der Waals surface area contributed by atoms with E-state index in [9.17, 15) is 4.79 Å². The van der Waals surface area contributed by atoms with Gasteiger partial charge in [-0.15, -0.1) is 11.6 Å². The van der Waals surface area contributed by atoms with E-state index >= 15 is 0 Å². The van der Waals surface area contributed by atoms with E-state index in [0.29, 0.717) is 17.1 Å². The van der Waals surface area contributed by atoms with Crippen LogP contribution in [0.3, 0.4) is 0 Å². The molecule has 0 fully saturated rings. The highest BCUT2D eigenvalue weighted by molar-refractivity contribution is 6.32. The van der Waals surface area contributed by atoms with Crippen LogP contribution in [-0.2, 0) is 0 Å². The summed E-state index contributed by atoms with van der Waals surface area (Å²) in [7, 11) is 3.12. The number of ketones is 1. The summed E-state index contributed by atoms with van der Waals surface area (Å²) in [4.78, 5) is 14.6. The van der Waals surface area contributed by atoms with Gasteiger partial charge in [-0.2, -0.15) is 0 Å². The number of carbonyl (C=O) groups is 1. The molecule has 0 aliphatic rings. The zero-order chi connectivity index (χ0) is 12.4. The van der Waals surface area contributed by atoms with E-state index in [1.54, 1.807) is 32.5 Å². The molecule has 4 nitrogen and oxygen atoms in total. The Hall–Kier alpha value is -1.68. The van der Waals surface area contributed by atoms with Crippen molar-refractivity contribution < 1.29 is 14.3 Å². The van der Waals surface area contributed by atoms with Crippen LogP contribution in [0.4, 0.5) is 0 Å². The number of benzene rings is 1. The maximum atomic E-state index is 11.6. The van der Waals surface area contributed by atoms with Crippen LogP contribution in [0.5, 0.6) is 11.5 Å². The van der Waals surface area contributed by atoms with Gasteiger partial charge in [0.15, 0.2) is 17.3 Å². The quantitative estimate of drug-likeness (QED) is 0.673. The summed E-state index contributed by atoms with van der Waals surface area (Å²) in [5.74, 6) is 1.04. The number of ether oxygens (including phenoxy) is 2. The first kappa shape index (κ1) is 11.8. The lowest BCUT2D eigenvalue weighted by atomic mass is 10.1. The van der Waals surface area contributed by atoms with Crippen molar-refractivity contribution in [1.82, 2.24) is 4.98 Å². The topological polar surface area (TPSA) is 51.3 Å². The van der Waals surface area contributed by atoms with Gasteiger partial charge in [-0.1, -0.05) is 0 Å². The van der Waals surface area contributed by atoms with Crippen molar-refractivity contribution in [3.63, 3.8) is 0 Å². The smallest absolute Gasteiger partial charge is 0.179 e. The molecule has 0 radical (unpaired) electrons. The van der Waals surface area contributed by atoms with Crippen LogP contribution in [0.25, 0.3) is 10.9 Å². The lowest BCUT2D eigenvalue weighted by Crippen LogP contribution is -1.98. The average molecular weight is 254 g/mol. The largest absolute Gasteiger partial charge is 0.493 e. The second kappa shape index (κ2) is 4.67. The summed E-state index contributed by atoms with van der Waals surface area (Å²) in [6.45, 7) is 0. The third kappa shape index (κ3) is 1.96. The number of carbonyl (C=O) groups excluding carboxylic acids is 1. The third-order valence-electron chi connectivity index (χ3n) is 2.61. The van der Waals surface area contributed by atoms with Gasteiger partial charge in [0.25, 0.3) is 0 Å². The van der Waals surface area contributed by atoms with Gasteiger partial charge in [-0.05, 0) is 6.07 Å². The molecular formula is C12H12ClNO3. The molecule has 0 amide bonds. The molecule has 1 N–H and O–H groups in total. The maximum absolute atomic E-state index is 11.6. The summed E-state index contributed by atoms with van der Waals surface area (Å²) in [5.41, 5.74) is 1.38. The Morgan fingerprint density at radius 1 is 1.29 bits per heavy atom. The van der Waals surface area contributed by atoms with Crippen LogP contribution < -0.4 is 9.47 Å². The lowest BCUT2D eigenvalue weighted by molar-refractivity contribution is 0.102. The van der Waals surface area contributed by atoms with E-state index in [2.05, 4.69) is 4.98 Å². The maximum Gasteiger partial charge on any atom is 0.179 e. The Morgan fingerprint density at radius 2 is 1.94 bits per heavy atom. The van der Waals surface area contributed by atoms with Gasteiger partial charge >= 0.3 is 0 Å². The summed E-state index contributed by atoms with van der Waals surface area (Å²) >= 11 is 5.56. The Bertz CT molecular complexity index is 562. The monoisotopic (exact) mass is 253 g/mol. The minimum atomic E-state index is -0.120. The van der Waals surface area contributed by atoms with Crippen molar-refractivity contribution in [2.45, 2.75) is 0 Å². The highest BCUT2D eigenvalue weighted by atomic mass is 35.5. The van der Waals surface area contributed by atoms with Crippen molar-refractivity contribution in [3.05, 3.63) is 23.9 Å². The Kier molecular flexibility index (Phi) is 3.24. The fraction of sp³-hybridized carbons (Fsp3) is 0.250. The molecule has 0 aliphatic heterocycles. The third-order valence-corrected chi connectivity index (χ3v) is 2.85. The SMILES string of the molecule is COc1cc2[nH]cc(C(=O)CCl)c2cc1OC. The minimum absolute atomic E-state index is 0.0404. The van der Waals surface area contributed by atoms with Crippen LogP contribution in [-0.4, -0.2) is 30.9 Å². The zero-order valence-electron chi connectivity index (χ0n) is 9.54. The Labute approximate surface area is 103 Å². The normalized spacial score (nSPS) is 10.5. The molecule has 1 aromatic carbocycles. The standard InChI is InChI=1S/C12H12ClNO3/c1-16-11-3-7-8(10(15)5-13)6-14-9(7)4-12(11)17-2/h3-4,6,14H,5H2,1-2H3. The first-order chi connectivity index (χ1) is 8.21. The van der Waals surface area contributed by atoms with Crippen molar-refractivity contribution in [2.75, 3.05) is 20.1 Å². The van der Waals surface area contributed by atoms with Gasteiger partial charge in [0.1, 0.15) is 0 Å². The number of Topliss-reactive ketones (excluding diaryl/α,β-unsaturated/α-hetero) is 1. The molecule has 0 atom stereocenters. The molecular weight excluding hydrogens is 242 g/mol. The molecule has 0 saturated carbocycles. The number of aromatic amines is 1. The van der Waals surface area contributed by atoms with E-state index in [4.69, 9.17) is 21.1 Å². The van der Waals surface area contributed by atoms with E-state index in [0.717, 1.165) is 10.9 Å². The highest BCUT2D eigenvalue weighted by Gasteiger charge is 2.14. The van der Waals surface area contributed by atoms with Gasteiger partial charge in [0.2, 0.25) is 0 Å². The van der Waals surface area contributed by atoms with Crippen LogP contribution in [0, 0.1) is 0 Å². The van der Waals surface area contributed by atoms with Crippen LogP contribution >= 0.6 is 11.6 Å². The summed E-state index contributed by atoms with van der Waals surface area (Å²) in [5, 5.41) is 0.785. The van der Waals surface area contributed by atoms with Crippen LogP contribution in [0.1, 0.15) is 10.4 Å². The molecule has 0 spiro atoms. The lowest BCUT2D eigenvalue weighted by Gasteiger charge is -2.07. The number of fused-ring (bicyclic) bond motifs is 1. The number of hydrogen-bond donors (Lipinski definition) is 1. The predicted octanol–water partition coefficient (Wildman–Crippen LogP) is 2.61. The molecule has 5 heteroatoms. The van der Waals surface area contributed by atoms with Gasteiger partial charge in [0.05, 0.1) is 25.6 Å². The number of nitrogens with one attached hydrogen (secondary N) is 1. The second-order valence-electron chi connectivity index (χ2n) is 3.51. The second-order valence-corrected chi connectivity index (χ2v) is 3.78. The summed E-state index contributed by atoms with van der Waals surface area (Å²) < 4.78 is 10.4. The predicted molar refractivity (Wildman–Crippen MR) is 66.5 cm³/mol. The molecule has 90 valence electrons. The van der Waals surface area contributed by atoms with Crippen molar-refractivity contribution >= 4 is 28.3 Å². The fourth-order valence-electron chi connectivity index (χ4n) is 1.75. The molecule has 0 aliphatic carbocycles. The van der Waals surface area contributed by atoms with Gasteiger partial charge in [-0.25, -0.2) is 0 Å². The van der Waals surface area contributed by atoms with E-state index in [1.165, 1.54) is 0 Å². The number of rotatable bonds is 4. The zero-order valence-corrected chi connectivity index (χ0v) is 10.3. The number of methoxy groups -OCH3 is 2. The number of halogens is 1. The number of hydrogen-bond acceptors (Lipinski definition) is 3. The first-order valence-electron chi connectivity index (χ1n) is 5.03. The van der Waals surface area contributed by atoms with Crippen LogP contribution in [0.15, 0.2) is 18.3 Å². The van der Waals surface area contributed by atoms with Crippen molar-refractivity contribution in [2.24, 2.45) is 0 Å². The van der Waals surface area contributed by atoms with E-state index in [-0.39, 0.29) is 11.7 Å². The summed E-state index contributed by atoms with van der Waals surface area (Å²) in [6, 6.07) is 3.56. The molecule has 17 heavy (non-hydrogen) atoms. The van der Waals surface area contributed by atoms with Crippen LogP contribution in [0.2, 0.25) is 0 Å².